The van der Waals surface area contributed by atoms with Crippen molar-refractivity contribution < 1.29 is 4.79 Å². The molecular formula is C17H24N4O2S2. The van der Waals surface area contributed by atoms with E-state index in [1.54, 1.807) is 23.3 Å². The van der Waals surface area contributed by atoms with Crippen molar-refractivity contribution in [1.29, 1.82) is 0 Å². The zero-order valence-electron chi connectivity index (χ0n) is 14.6. The molecule has 0 aromatic carbocycles. The van der Waals surface area contributed by atoms with Crippen LogP contribution in [-0.2, 0) is 23.4 Å². The Morgan fingerprint density at radius 2 is 2.20 bits per heavy atom. The summed E-state index contributed by atoms with van der Waals surface area (Å²) in [5.41, 5.74) is 6.75. The monoisotopic (exact) mass is 380 g/mol. The molecule has 0 fully saturated rings. The van der Waals surface area contributed by atoms with Crippen LogP contribution >= 0.6 is 23.1 Å². The number of hydrogen-bond donors (Lipinski definition) is 2. The molecule has 25 heavy (non-hydrogen) atoms. The van der Waals surface area contributed by atoms with Crippen LogP contribution in [0.4, 0.5) is 0 Å². The molecule has 0 saturated heterocycles. The predicted octanol–water partition coefficient (Wildman–Crippen LogP) is 1.90. The molecule has 8 heteroatoms. The number of rotatable bonds is 6. The van der Waals surface area contributed by atoms with Crippen LogP contribution in [0, 0.1) is 0 Å². The Kier molecular flexibility index (Phi) is 5.81. The van der Waals surface area contributed by atoms with Crippen LogP contribution in [0.5, 0.6) is 0 Å². The van der Waals surface area contributed by atoms with Gasteiger partial charge in [0.05, 0.1) is 16.9 Å². The highest BCUT2D eigenvalue weighted by Crippen LogP contribution is 2.33. The van der Waals surface area contributed by atoms with Gasteiger partial charge in [-0.05, 0) is 38.2 Å². The molecule has 1 aliphatic rings. The Bertz CT molecular complexity index is 830. The van der Waals surface area contributed by atoms with Gasteiger partial charge in [0.25, 0.3) is 5.56 Å². The number of aromatic nitrogens is 2. The minimum Gasteiger partial charge on any atom is -0.341 e. The topological polar surface area (TPSA) is 92.1 Å². The second-order valence-electron chi connectivity index (χ2n) is 6.49. The fourth-order valence-electron chi connectivity index (χ4n) is 3.02. The highest BCUT2D eigenvalue weighted by Gasteiger charge is 2.20. The number of carbonyl (C=O) groups is 1. The van der Waals surface area contributed by atoms with E-state index in [1.165, 1.54) is 28.6 Å². The molecule has 2 heterocycles. The third-order valence-corrected chi connectivity index (χ3v) is 6.85. The van der Waals surface area contributed by atoms with E-state index >= 15 is 0 Å². The van der Waals surface area contributed by atoms with Gasteiger partial charge in [0.15, 0.2) is 0 Å². The van der Waals surface area contributed by atoms with Crippen LogP contribution in [0.3, 0.4) is 0 Å². The highest BCUT2D eigenvalue weighted by atomic mass is 32.2. The first-order chi connectivity index (χ1) is 12.0. The molecule has 0 aliphatic heterocycles. The van der Waals surface area contributed by atoms with Crippen molar-refractivity contribution in [1.82, 2.24) is 14.9 Å². The molecule has 3 rings (SSSR count). The summed E-state index contributed by atoms with van der Waals surface area (Å²) in [4.78, 5) is 35.9. The third kappa shape index (κ3) is 3.91. The van der Waals surface area contributed by atoms with Crippen LogP contribution in [-0.4, -0.2) is 46.2 Å². The molecule has 1 unspecified atom stereocenters. The summed E-state index contributed by atoms with van der Waals surface area (Å²) in [6.07, 6.45) is 4.37. The molecule has 2 aromatic heterocycles. The fourth-order valence-corrected chi connectivity index (χ4v) is 5.11. The van der Waals surface area contributed by atoms with E-state index in [2.05, 4.69) is 9.97 Å². The quantitative estimate of drug-likeness (QED) is 0.799. The maximum Gasteiger partial charge on any atom is 0.259 e. The Morgan fingerprint density at radius 1 is 1.44 bits per heavy atom. The highest BCUT2D eigenvalue weighted by molar-refractivity contribution is 7.99. The van der Waals surface area contributed by atoms with Gasteiger partial charge < -0.3 is 15.6 Å². The number of nitrogens with one attached hydrogen (secondary N) is 1. The van der Waals surface area contributed by atoms with E-state index in [9.17, 15) is 9.59 Å². The molecule has 0 radical (unpaired) electrons. The van der Waals surface area contributed by atoms with Gasteiger partial charge in [-0.2, -0.15) is 0 Å². The van der Waals surface area contributed by atoms with Crippen molar-refractivity contribution in [2.45, 2.75) is 44.4 Å². The standard InChI is InChI=1S/C17H24N4O2S2/c1-10(7-18)21(2)14(22)9-24-8-13-19-16(23)15-11-5-3-4-6-12(11)25-17(15)20-13/h10H,3-9,18H2,1-2H3,(H,19,20,23). The lowest BCUT2D eigenvalue weighted by molar-refractivity contribution is -0.128. The number of hydrogen-bond acceptors (Lipinski definition) is 6. The van der Waals surface area contributed by atoms with Gasteiger partial charge in [-0.15, -0.1) is 23.1 Å². The van der Waals surface area contributed by atoms with E-state index in [0.29, 0.717) is 23.9 Å². The summed E-state index contributed by atoms with van der Waals surface area (Å²) >= 11 is 3.11. The second kappa shape index (κ2) is 7.88. The number of H-pyrrole nitrogens is 1. The molecule has 136 valence electrons. The summed E-state index contributed by atoms with van der Waals surface area (Å²) in [7, 11) is 1.77. The molecule has 1 aliphatic carbocycles. The van der Waals surface area contributed by atoms with Crippen molar-refractivity contribution in [3.8, 4) is 0 Å². The summed E-state index contributed by atoms with van der Waals surface area (Å²) in [6.45, 7) is 2.37. The molecule has 1 amide bonds. The molecule has 0 bridgehead atoms. The summed E-state index contributed by atoms with van der Waals surface area (Å²) in [6, 6.07) is 0.0276. The number of fused-ring (bicyclic) bond motifs is 3. The molecule has 0 spiro atoms. The van der Waals surface area contributed by atoms with Gasteiger partial charge >= 0.3 is 0 Å². The van der Waals surface area contributed by atoms with Crippen molar-refractivity contribution in [2.24, 2.45) is 5.73 Å². The van der Waals surface area contributed by atoms with Gasteiger partial charge in [0.2, 0.25) is 5.91 Å². The molecular weight excluding hydrogens is 356 g/mol. The SMILES string of the molecule is CC(CN)N(C)C(=O)CSCc1nc2sc3c(c2c(=O)[nH]1)CCCC3. The van der Waals surface area contributed by atoms with Gasteiger partial charge in [0.1, 0.15) is 10.7 Å². The number of carbonyl (C=O) groups excluding carboxylic acids is 1. The van der Waals surface area contributed by atoms with Crippen LogP contribution < -0.4 is 11.3 Å². The number of thiophene rings is 1. The first-order valence-corrected chi connectivity index (χ1v) is 10.5. The maximum absolute atomic E-state index is 12.5. The van der Waals surface area contributed by atoms with Gasteiger partial charge in [-0.3, -0.25) is 9.59 Å². The lowest BCUT2D eigenvalue weighted by Gasteiger charge is -2.23. The Labute approximate surface area is 155 Å². The smallest absolute Gasteiger partial charge is 0.259 e. The fraction of sp³-hybridized carbons (Fsp3) is 0.588. The van der Waals surface area contributed by atoms with Crippen LogP contribution in [0.15, 0.2) is 4.79 Å². The molecule has 2 aromatic rings. The van der Waals surface area contributed by atoms with Crippen molar-refractivity contribution in [2.75, 3.05) is 19.3 Å². The predicted molar refractivity (Wildman–Crippen MR) is 104 cm³/mol. The van der Waals surface area contributed by atoms with Gasteiger partial charge in [-0.25, -0.2) is 4.98 Å². The average molecular weight is 381 g/mol. The van der Waals surface area contributed by atoms with Gasteiger partial charge in [0, 0.05) is 24.5 Å². The summed E-state index contributed by atoms with van der Waals surface area (Å²) in [5.74, 6) is 1.55. The normalized spacial score (nSPS) is 15.2. The van der Waals surface area contributed by atoms with E-state index in [-0.39, 0.29) is 17.5 Å². The molecule has 3 N–H and O–H groups in total. The first-order valence-electron chi connectivity index (χ1n) is 8.58. The second-order valence-corrected chi connectivity index (χ2v) is 8.56. The lowest BCUT2D eigenvalue weighted by Crippen LogP contribution is -2.40. The Morgan fingerprint density at radius 3 is 2.96 bits per heavy atom. The van der Waals surface area contributed by atoms with Crippen LogP contribution in [0.25, 0.3) is 10.2 Å². The number of nitrogens with zero attached hydrogens (tertiary/aromatic N) is 2. The number of nitrogens with two attached hydrogens (primary N) is 1. The average Bonchev–Trinajstić information content (AvgIpc) is 2.99. The minimum absolute atomic E-state index is 0.0276. The largest absolute Gasteiger partial charge is 0.341 e. The van der Waals surface area contributed by atoms with Crippen LogP contribution in [0.1, 0.15) is 36.0 Å². The van der Waals surface area contributed by atoms with E-state index in [0.717, 1.165) is 29.5 Å². The number of amides is 1. The van der Waals surface area contributed by atoms with Crippen molar-refractivity contribution >= 4 is 39.2 Å². The van der Waals surface area contributed by atoms with Crippen LogP contribution in [0.2, 0.25) is 0 Å². The maximum atomic E-state index is 12.5. The first kappa shape index (κ1) is 18.4. The third-order valence-electron chi connectivity index (χ3n) is 4.73. The minimum atomic E-state index is -0.0415. The number of aromatic amines is 1. The van der Waals surface area contributed by atoms with Crippen molar-refractivity contribution in [3.05, 3.63) is 26.6 Å². The number of aryl methyl sites for hydroxylation is 2. The molecule has 1 atom stereocenters. The zero-order chi connectivity index (χ0) is 18.0. The Hall–Kier alpha value is -1.38. The van der Waals surface area contributed by atoms with E-state index < -0.39 is 0 Å². The zero-order valence-corrected chi connectivity index (χ0v) is 16.3. The summed E-state index contributed by atoms with van der Waals surface area (Å²) < 4.78 is 0. The Balaban J connectivity index is 1.69. The lowest BCUT2D eigenvalue weighted by atomic mass is 9.97. The number of likely N-dealkylation sites (N-methyl/N-ethyl adjacent to an activating group) is 1. The van der Waals surface area contributed by atoms with E-state index in [1.807, 2.05) is 6.92 Å². The van der Waals surface area contributed by atoms with Gasteiger partial charge in [-0.1, -0.05) is 0 Å². The van der Waals surface area contributed by atoms with Crippen molar-refractivity contribution in [3.63, 3.8) is 0 Å². The summed E-state index contributed by atoms with van der Waals surface area (Å²) in [5, 5.41) is 0.779. The molecule has 0 saturated carbocycles. The van der Waals surface area contributed by atoms with E-state index in [4.69, 9.17) is 5.73 Å². The number of thioether (sulfide) groups is 1. The molecule has 6 nitrogen and oxygen atoms in total.